The van der Waals surface area contributed by atoms with Crippen molar-refractivity contribution < 1.29 is 23.8 Å². The summed E-state index contributed by atoms with van der Waals surface area (Å²) in [5.41, 5.74) is -1.79. The monoisotopic (exact) mass is 254 g/mol. The third kappa shape index (κ3) is 2.04. The molecule has 5 nitrogen and oxygen atoms in total. The summed E-state index contributed by atoms with van der Waals surface area (Å²) in [6, 6.07) is 3.24. The summed E-state index contributed by atoms with van der Waals surface area (Å²) in [7, 11) is 0. The van der Waals surface area contributed by atoms with Crippen LogP contribution in [0.2, 0.25) is 0 Å². The molecule has 2 heterocycles. The molecule has 100 valence electrons. The zero-order valence-electron chi connectivity index (χ0n) is 11.0. The molecule has 0 unspecified atom stereocenters. The smallest absolute Gasteiger partial charge is 0.343 e. The molecule has 1 aromatic heterocycles. The predicted molar refractivity (Wildman–Crippen MR) is 62.5 cm³/mol. The Morgan fingerprint density at radius 1 is 1.44 bits per heavy atom. The first-order valence-corrected chi connectivity index (χ1v) is 5.85. The number of furan rings is 1. The van der Waals surface area contributed by atoms with Crippen LogP contribution in [0.25, 0.3) is 0 Å². The van der Waals surface area contributed by atoms with Gasteiger partial charge in [-0.1, -0.05) is 20.8 Å². The van der Waals surface area contributed by atoms with E-state index in [9.17, 15) is 9.90 Å². The fraction of sp³-hybridized carbons (Fsp3) is 0.615. The van der Waals surface area contributed by atoms with E-state index in [-0.39, 0.29) is 11.2 Å². The largest absolute Gasteiger partial charge is 0.466 e. The third-order valence-electron chi connectivity index (χ3n) is 3.01. The van der Waals surface area contributed by atoms with Gasteiger partial charge in [-0.2, -0.15) is 0 Å². The van der Waals surface area contributed by atoms with Gasteiger partial charge in [-0.3, -0.25) is 0 Å². The Bertz CT molecular complexity index is 431. The van der Waals surface area contributed by atoms with E-state index in [2.05, 4.69) is 0 Å². The Morgan fingerprint density at radius 2 is 2.11 bits per heavy atom. The Balaban J connectivity index is 2.24. The van der Waals surface area contributed by atoms with Crippen LogP contribution >= 0.6 is 0 Å². The van der Waals surface area contributed by atoms with E-state index < -0.39 is 24.0 Å². The van der Waals surface area contributed by atoms with Crippen LogP contribution in [0.3, 0.4) is 0 Å². The van der Waals surface area contributed by atoms with Gasteiger partial charge in [0.05, 0.1) is 6.26 Å². The quantitative estimate of drug-likeness (QED) is 0.818. The fourth-order valence-electron chi connectivity index (χ4n) is 1.76. The van der Waals surface area contributed by atoms with E-state index in [1.807, 2.05) is 20.8 Å². The number of ether oxygens (including phenoxy) is 2. The standard InChI is InChI=1S/C13H18O5/c1-12(2,3)11-17-10(15)13(4,18-11)9(14)8-6-5-7-16-8/h5-7,9,11,14H,1-4H3/t9-,11+,13+/m0/s1. The number of esters is 1. The second-order valence-electron chi connectivity index (χ2n) is 5.75. The first-order valence-electron chi connectivity index (χ1n) is 5.85. The van der Waals surface area contributed by atoms with Crippen molar-refractivity contribution in [3.05, 3.63) is 24.2 Å². The lowest BCUT2D eigenvalue weighted by Crippen LogP contribution is -2.40. The molecule has 1 aromatic rings. The molecule has 0 amide bonds. The molecule has 1 aliphatic heterocycles. The zero-order valence-corrected chi connectivity index (χ0v) is 11.0. The highest BCUT2D eigenvalue weighted by atomic mass is 16.8. The Kier molecular flexibility index (Phi) is 2.99. The Labute approximate surface area is 106 Å². The van der Waals surface area contributed by atoms with Crippen LogP contribution in [0.15, 0.2) is 22.8 Å². The minimum absolute atomic E-state index is 0.281. The van der Waals surface area contributed by atoms with Gasteiger partial charge in [-0.05, 0) is 19.1 Å². The van der Waals surface area contributed by atoms with Crippen molar-refractivity contribution in [2.45, 2.75) is 45.7 Å². The summed E-state index contributed by atoms with van der Waals surface area (Å²) in [5, 5.41) is 10.2. The number of cyclic esters (lactones) is 1. The second kappa shape index (κ2) is 4.10. The van der Waals surface area contributed by atoms with Crippen molar-refractivity contribution in [2.75, 3.05) is 0 Å². The molecule has 5 heteroatoms. The molecule has 1 aliphatic rings. The summed E-state index contributed by atoms with van der Waals surface area (Å²) in [5.74, 6) is -0.296. The van der Waals surface area contributed by atoms with E-state index in [1.54, 1.807) is 12.1 Å². The molecule has 1 saturated heterocycles. The predicted octanol–water partition coefficient (Wildman–Crippen LogP) is 2.02. The highest BCUT2D eigenvalue weighted by Gasteiger charge is 2.55. The van der Waals surface area contributed by atoms with Gasteiger partial charge in [0.1, 0.15) is 5.76 Å². The van der Waals surface area contributed by atoms with Crippen molar-refractivity contribution in [3.8, 4) is 0 Å². The molecule has 0 aromatic carbocycles. The Morgan fingerprint density at radius 3 is 2.56 bits per heavy atom. The molecule has 0 radical (unpaired) electrons. The van der Waals surface area contributed by atoms with E-state index >= 15 is 0 Å². The third-order valence-corrected chi connectivity index (χ3v) is 3.01. The first-order chi connectivity index (χ1) is 8.25. The van der Waals surface area contributed by atoms with Crippen LogP contribution in [0.4, 0.5) is 0 Å². The van der Waals surface area contributed by atoms with Crippen LogP contribution in [0, 0.1) is 5.41 Å². The topological polar surface area (TPSA) is 68.9 Å². The minimum atomic E-state index is -1.43. The van der Waals surface area contributed by atoms with Crippen molar-refractivity contribution in [1.29, 1.82) is 0 Å². The van der Waals surface area contributed by atoms with E-state index in [0.29, 0.717) is 0 Å². The maximum absolute atomic E-state index is 11.9. The molecule has 2 rings (SSSR count). The van der Waals surface area contributed by atoms with Gasteiger partial charge in [-0.15, -0.1) is 0 Å². The average Bonchev–Trinajstić information content (AvgIpc) is 2.86. The van der Waals surface area contributed by atoms with Gasteiger partial charge in [-0.25, -0.2) is 4.79 Å². The van der Waals surface area contributed by atoms with Gasteiger partial charge in [0.25, 0.3) is 0 Å². The number of aliphatic hydroxyl groups excluding tert-OH is 1. The van der Waals surface area contributed by atoms with Crippen molar-refractivity contribution in [1.82, 2.24) is 0 Å². The number of rotatable bonds is 2. The van der Waals surface area contributed by atoms with Gasteiger partial charge >= 0.3 is 5.97 Å². The molecule has 0 saturated carbocycles. The van der Waals surface area contributed by atoms with E-state index in [4.69, 9.17) is 13.9 Å². The summed E-state index contributed by atoms with van der Waals surface area (Å²) < 4.78 is 15.9. The molecule has 0 aliphatic carbocycles. The molecule has 0 spiro atoms. The maximum atomic E-state index is 11.9. The highest BCUT2D eigenvalue weighted by Crippen LogP contribution is 2.41. The van der Waals surface area contributed by atoms with Crippen LogP contribution in [-0.4, -0.2) is 23.0 Å². The summed E-state index contributed by atoms with van der Waals surface area (Å²) >= 11 is 0. The normalized spacial score (nSPS) is 30.3. The van der Waals surface area contributed by atoms with Crippen LogP contribution in [0.5, 0.6) is 0 Å². The molecular formula is C13H18O5. The molecule has 1 fully saturated rings. The van der Waals surface area contributed by atoms with Crippen LogP contribution in [0.1, 0.15) is 39.6 Å². The number of hydrogen-bond donors (Lipinski definition) is 1. The van der Waals surface area contributed by atoms with Gasteiger partial charge in [0.15, 0.2) is 11.7 Å². The molecule has 3 atom stereocenters. The molecule has 18 heavy (non-hydrogen) atoms. The Hall–Kier alpha value is -1.33. The van der Waals surface area contributed by atoms with Crippen LogP contribution in [-0.2, 0) is 14.3 Å². The van der Waals surface area contributed by atoms with Gasteiger partial charge in [0, 0.05) is 5.41 Å². The first kappa shape index (κ1) is 13.1. The fourth-order valence-corrected chi connectivity index (χ4v) is 1.76. The van der Waals surface area contributed by atoms with Crippen LogP contribution < -0.4 is 0 Å². The highest BCUT2D eigenvalue weighted by molar-refractivity contribution is 5.81. The lowest BCUT2D eigenvalue weighted by atomic mass is 9.95. The van der Waals surface area contributed by atoms with E-state index in [0.717, 1.165) is 0 Å². The van der Waals surface area contributed by atoms with Crippen molar-refractivity contribution in [2.24, 2.45) is 5.41 Å². The number of aliphatic hydroxyl groups is 1. The minimum Gasteiger partial charge on any atom is -0.466 e. The average molecular weight is 254 g/mol. The van der Waals surface area contributed by atoms with Gasteiger partial charge in [0.2, 0.25) is 6.29 Å². The lowest BCUT2D eigenvalue weighted by Gasteiger charge is -2.28. The molecular weight excluding hydrogens is 236 g/mol. The molecule has 0 bridgehead atoms. The number of carbonyl (C=O) groups is 1. The summed E-state index contributed by atoms with van der Waals surface area (Å²) in [4.78, 5) is 11.9. The number of carbonyl (C=O) groups excluding carboxylic acids is 1. The summed E-state index contributed by atoms with van der Waals surface area (Å²) in [6.45, 7) is 7.20. The SMILES string of the molecule is CC(C)(C)[C@@H]1OC(=O)[C@@](C)([C@@H](O)c2ccco2)O1. The van der Waals surface area contributed by atoms with Crippen molar-refractivity contribution in [3.63, 3.8) is 0 Å². The van der Waals surface area contributed by atoms with Crippen molar-refractivity contribution >= 4 is 5.97 Å². The lowest BCUT2D eigenvalue weighted by molar-refractivity contribution is -0.168. The second-order valence-corrected chi connectivity index (χ2v) is 5.75. The van der Waals surface area contributed by atoms with Gasteiger partial charge < -0.3 is 19.0 Å². The zero-order chi connectivity index (χ0) is 13.6. The molecule has 1 N–H and O–H groups in total. The number of hydrogen-bond acceptors (Lipinski definition) is 5. The summed E-state index contributed by atoms with van der Waals surface area (Å²) in [6.07, 6.45) is -0.435. The van der Waals surface area contributed by atoms with E-state index in [1.165, 1.54) is 13.2 Å². The maximum Gasteiger partial charge on any atom is 0.343 e.